The van der Waals surface area contributed by atoms with Gasteiger partial charge in [0.05, 0.1) is 21.7 Å². The molecular formula is C17H11ClN4O4S. The number of nitrogens with zero attached hydrogens (tertiary/aromatic N) is 3. The number of para-hydroxylation sites is 2. The highest BCUT2D eigenvalue weighted by Crippen LogP contribution is 2.21. The van der Waals surface area contributed by atoms with Gasteiger partial charge < -0.3 is 0 Å². The lowest BCUT2D eigenvalue weighted by Crippen LogP contribution is -2.18. The first kappa shape index (κ1) is 18.5. The number of nitrogens with one attached hydrogen (secondary N) is 1. The van der Waals surface area contributed by atoms with Crippen LogP contribution in [0.5, 0.6) is 0 Å². The fourth-order valence-electron chi connectivity index (χ4n) is 2.28. The molecule has 10 heteroatoms. The van der Waals surface area contributed by atoms with E-state index >= 15 is 0 Å². The lowest BCUT2D eigenvalue weighted by atomic mass is 10.2. The van der Waals surface area contributed by atoms with E-state index in [9.17, 15) is 19.7 Å². The van der Waals surface area contributed by atoms with Crippen molar-refractivity contribution in [2.24, 2.45) is 5.10 Å². The summed E-state index contributed by atoms with van der Waals surface area (Å²) in [5.41, 5.74) is 2.35. The van der Waals surface area contributed by atoms with Crippen molar-refractivity contribution in [1.82, 2.24) is 9.99 Å². The summed E-state index contributed by atoms with van der Waals surface area (Å²) in [6, 6.07) is 14.3. The van der Waals surface area contributed by atoms with Gasteiger partial charge in [-0.25, -0.2) is 5.43 Å². The number of amides is 1. The molecule has 1 aromatic heterocycles. The zero-order chi connectivity index (χ0) is 19.4. The van der Waals surface area contributed by atoms with Crippen LogP contribution < -0.4 is 10.3 Å². The lowest BCUT2D eigenvalue weighted by molar-refractivity contribution is -0.385. The Bertz CT molecular complexity index is 1090. The number of rotatable bonds is 5. The van der Waals surface area contributed by atoms with Gasteiger partial charge in [0, 0.05) is 6.07 Å². The van der Waals surface area contributed by atoms with E-state index in [4.69, 9.17) is 11.6 Å². The van der Waals surface area contributed by atoms with Gasteiger partial charge in [-0.2, -0.15) is 5.10 Å². The van der Waals surface area contributed by atoms with Crippen LogP contribution in [0.1, 0.15) is 15.2 Å². The van der Waals surface area contributed by atoms with Crippen LogP contribution in [0.15, 0.2) is 64.5 Å². The maximum atomic E-state index is 12.2. The highest BCUT2D eigenvalue weighted by atomic mass is 35.5. The van der Waals surface area contributed by atoms with E-state index in [1.165, 1.54) is 35.0 Å². The number of hydrogen-bond donors (Lipinski definition) is 1. The van der Waals surface area contributed by atoms with Gasteiger partial charge in [-0.1, -0.05) is 53.3 Å². The molecule has 0 radical (unpaired) electrons. The van der Waals surface area contributed by atoms with Crippen LogP contribution in [-0.4, -0.2) is 21.6 Å². The third-order valence-corrected chi connectivity index (χ3v) is 4.85. The number of thiazole rings is 1. The number of carbonyl (C=O) groups excluding carboxylic acids is 1. The van der Waals surface area contributed by atoms with Gasteiger partial charge in [0.25, 0.3) is 11.6 Å². The van der Waals surface area contributed by atoms with Crippen molar-refractivity contribution in [3.05, 3.63) is 90.0 Å². The SMILES string of the molecule is O=C(N/N=C\c1sc(=O)n(-c2ccccc2)c1Cl)c1ccccc1[N+](=O)[O-]. The molecule has 1 heterocycles. The predicted molar refractivity (Wildman–Crippen MR) is 103 cm³/mol. The van der Waals surface area contributed by atoms with E-state index in [0.29, 0.717) is 10.6 Å². The normalized spacial score (nSPS) is 10.9. The van der Waals surface area contributed by atoms with E-state index in [1.54, 1.807) is 24.3 Å². The van der Waals surface area contributed by atoms with Gasteiger partial charge in [0.2, 0.25) is 0 Å². The van der Waals surface area contributed by atoms with Gasteiger partial charge in [0.15, 0.2) is 0 Å². The van der Waals surface area contributed by atoms with Crippen molar-refractivity contribution in [2.45, 2.75) is 0 Å². The van der Waals surface area contributed by atoms with Gasteiger partial charge in [-0.3, -0.25) is 24.3 Å². The van der Waals surface area contributed by atoms with Crippen LogP contribution in [-0.2, 0) is 0 Å². The van der Waals surface area contributed by atoms with Gasteiger partial charge in [-0.15, -0.1) is 0 Å². The summed E-state index contributed by atoms with van der Waals surface area (Å²) in [4.78, 5) is 34.6. The van der Waals surface area contributed by atoms with Crippen molar-refractivity contribution in [2.75, 3.05) is 0 Å². The Balaban J connectivity index is 1.81. The molecule has 3 aromatic rings. The average Bonchev–Trinajstić information content (AvgIpc) is 2.95. The third-order valence-electron chi connectivity index (χ3n) is 3.49. The molecule has 0 spiro atoms. The Labute approximate surface area is 161 Å². The Hall–Kier alpha value is -3.30. The number of hydrogen-bond acceptors (Lipinski definition) is 6. The monoisotopic (exact) mass is 402 g/mol. The molecule has 0 atom stereocenters. The van der Waals surface area contributed by atoms with Crippen molar-refractivity contribution < 1.29 is 9.72 Å². The highest BCUT2D eigenvalue weighted by Gasteiger charge is 2.19. The van der Waals surface area contributed by atoms with Gasteiger partial charge >= 0.3 is 4.87 Å². The third kappa shape index (κ3) is 3.94. The van der Waals surface area contributed by atoms with Crippen LogP contribution in [0, 0.1) is 10.1 Å². The molecule has 0 saturated heterocycles. The van der Waals surface area contributed by atoms with Crippen molar-refractivity contribution >= 4 is 40.7 Å². The number of benzene rings is 2. The summed E-state index contributed by atoms with van der Waals surface area (Å²) in [6.45, 7) is 0. The van der Waals surface area contributed by atoms with E-state index in [2.05, 4.69) is 10.5 Å². The minimum Gasteiger partial charge on any atom is -0.267 e. The summed E-state index contributed by atoms with van der Waals surface area (Å²) in [5.74, 6) is -0.746. The van der Waals surface area contributed by atoms with Crippen molar-refractivity contribution in [3.8, 4) is 5.69 Å². The smallest absolute Gasteiger partial charge is 0.267 e. The molecule has 0 unspecified atom stereocenters. The number of nitro groups is 1. The van der Waals surface area contributed by atoms with Crippen molar-refractivity contribution in [3.63, 3.8) is 0 Å². The molecule has 0 saturated carbocycles. The second-order valence-corrected chi connectivity index (χ2v) is 6.52. The molecule has 0 aliphatic carbocycles. The predicted octanol–water partition coefficient (Wildman–Crippen LogP) is 3.22. The minimum absolute atomic E-state index is 0.124. The zero-order valence-corrected chi connectivity index (χ0v) is 15.1. The second-order valence-electron chi connectivity index (χ2n) is 5.17. The van der Waals surface area contributed by atoms with Gasteiger partial charge in [0.1, 0.15) is 10.7 Å². The fraction of sp³-hybridized carbons (Fsp3) is 0. The maximum Gasteiger partial charge on any atom is 0.313 e. The van der Waals surface area contributed by atoms with Crippen molar-refractivity contribution in [1.29, 1.82) is 0 Å². The Kier molecular flexibility index (Phi) is 5.43. The number of halogens is 1. The number of hydrazone groups is 1. The molecular weight excluding hydrogens is 392 g/mol. The Morgan fingerprint density at radius 1 is 1.19 bits per heavy atom. The van der Waals surface area contributed by atoms with E-state index in [1.807, 2.05) is 6.07 Å². The van der Waals surface area contributed by atoms with Crippen LogP contribution in [0.2, 0.25) is 5.15 Å². The Morgan fingerprint density at radius 2 is 1.85 bits per heavy atom. The molecule has 1 amide bonds. The van der Waals surface area contributed by atoms with E-state index < -0.39 is 10.8 Å². The van der Waals surface area contributed by atoms with Crippen LogP contribution in [0.4, 0.5) is 5.69 Å². The minimum atomic E-state index is -0.746. The van der Waals surface area contributed by atoms with Gasteiger partial charge in [-0.05, 0) is 18.2 Å². The zero-order valence-electron chi connectivity index (χ0n) is 13.5. The molecule has 1 N–H and O–H groups in total. The summed E-state index contributed by atoms with van der Waals surface area (Å²) < 4.78 is 1.32. The average molecular weight is 403 g/mol. The largest absolute Gasteiger partial charge is 0.313 e. The summed E-state index contributed by atoms with van der Waals surface area (Å²) in [5, 5.41) is 14.9. The summed E-state index contributed by atoms with van der Waals surface area (Å²) in [7, 11) is 0. The van der Waals surface area contributed by atoms with Crippen LogP contribution in [0.3, 0.4) is 0 Å². The number of carbonyl (C=O) groups is 1. The first-order valence-electron chi connectivity index (χ1n) is 7.52. The van der Waals surface area contributed by atoms with E-state index in [0.717, 1.165) is 11.3 Å². The molecule has 0 aliphatic rings. The molecule has 2 aromatic carbocycles. The second kappa shape index (κ2) is 7.94. The summed E-state index contributed by atoms with van der Waals surface area (Å²) >= 11 is 7.10. The van der Waals surface area contributed by atoms with Crippen LogP contribution in [0.25, 0.3) is 5.69 Å². The van der Waals surface area contributed by atoms with E-state index in [-0.39, 0.29) is 21.3 Å². The molecule has 27 heavy (non-hydrogen) atoms. The quantitative estimate of drug-likeness (QED) is 0.401. The maximum absolute atomic E-state index is 12.2. The highest BCUT2D eigenvalue weighted by molar-refractivity contribution is 7.11. The first-order chi connectivity index (χ1) is 13.0. The molecule has 0 fully saturated rings. The number of aromatic nitrogens is 1. The fourth-order valence-corrected chi connectivity index (χ4v) is 3.43. The summed E-state index contributed by atoms with van der Waals surface area (Å²) in [6.07, 6.45) is 1.22. The molecule has 136 valence electrons. The topological polar surface area (TPSA) is 107 Å². The number of nitro benzene ring substituents is 1. The lowest BCUT2D eigenvalue weighted by Gasteiger charge is -2.02. The first-order valence-corrected chi connectivity index (χ1v) is 8.72. The van der Waals surface area contributed by atoms with Crippen LogP contribution >= 0.6 is 22.9 Å². The molecule has 8 nitrogen and oxygen atoms in total. The molecule has 0 bridgehead atoms. The Morgan fingerprint density at radius 3 is 2.56 bits per heavy atom. The molecule has 0 aliphatic heterocycles. The molecule has 3 rings (SSSR count). The standard InChI is InChI=1S/C17H11ClN4O4S/c18-15-14(27-17(24)21(15)11-6-2-1-3-7-11)10-19-20-16(23)12-8-4-5-9-13(12)22(25)26/h1-10H,(H,20,23)/b19-10-.